The van der Waals surface area contributed by atoms with Crippen LogP contribution in [0.15, 0.2) is 0 Å². The lowest BCUT2D eigenvalue weighted by Crippen LogP contribution is -2.13. The molecule has 12 heavy (non-hydrogen) atoms. The summed E-state index contributed by atoms with van der Waals surface area (Å²) in [7, 11) is 0. The third-order valence-corrected chi connectivity index (χ3v) is 1.55. The molecule has 0 aliphatic heterocycles. The molecule has 0 aromatic rings. The van der Waals surface area contributed by atoms with Crippen LogP contribution in [0.4, 0.5) is 0 Å². The van der Waals surface area contributed by atoms with Crippen molar-refractivity contribution in [2.75, 3.05) is 0 Å². The molecule has 0 saturated carbocycles. The monoisotopic (exact) mass is 196 g/mol. The highest BCUT2D eigenvalue weighted by atomic mass is 35.5. The summed E-state index contributed by atoms with van der Waals surface area (Å²) in [6, 6.07) is 0. The second kappa shape index (κ2) is 6.91. The Bertz CT molecular complexity index is 157. The van der Waals surface area contributed by atoms with Crippen molar-refractivity contribution in [2.24, 2.45) is 5.92 Å². The molecule has 2 N–H and O–H groups in total. The molecule has 1 atom stereocenters. The minimum atomic E-state index is -0.940. The number of carboxylic acids is 2. The fraction of sp³-hybridized carbons (Fsp3) is 0.714. The minimum Gasteiger partial charge on any atom is -0.481 e. The number of carboxylic acid groups (broad SMARTS) is 2. The van der Waals surface area contributed by atoms with Gasteiger partial charge in [-0.2, -0.15) is 0 Å². The molecule has 4 nitrogen and oxygen atoms in total. The van der Waals surface area contributed by atoms with Gasteiger partial charge in [0.15, 0.2) is 0 Å². The number of halogens is 1. The van der Waals surface area contributed by atoms with Crippen LogP contribution in [-0.2, 0) is 9.59 Å². The van der Waals surface area contributed by atoms with Crippen LogP contribution in [0.3, 0.4) is 0 Å². The first-order chi connectivity index (χ1) is 5.07. The summed E-state index contributed by atoms with van der Waals surface area (Å²) in [4.78, 5) is 20.4. The maximum Gasteiger partial charge on any atom is 0.306 e. The van der Waals surface area contributed by atoms with E-state index < -0.39 is 17.9 Å². The van der Waals surface area contributed by atoms with Gasteiger partial charge in [0.25, 0.3) is 0 Å². The highest BCUT2D eigenvalue weighted by Gasteiger charge is 2.15. The predicted molar refractivity (Wildman–Crippen MR) is 45.5 cm³/mol. The van der Waals surface area contributed by atoms with Crippen molar-refractivity contribution in [1.29, 1.82) is 0 Å². The molecular formula is C7H13ClO4. The van der Waals surface area contributed by atoms with Crippen molar-refractivity contribution in [3.63, 3.8) is 0 Å². The molecule has 1 unspecified atom stereocenters. The quantitative estimate of drug-likeness (QED) is 0.697. The predicted octanol–water partition coefficient (Wildman–Crippen LogP) is 1.38. The maximum absolute atomic E-state index is 10.4. The van der Waals surface area contributed by atoms with Crippen molar-refractivity contribution in [3.8, 4) is 0 Å². The zero-order chi connectivity index (χ0) is 8.85. The molecule has 0 aromatic heterocycles. The van der Waals surface area contributed by atoms with Gasteiger partial charge in [0.2, 0.25) is 0 Å². The fourth-order valence-electron chi connectivity index (χ4n) is 0.800. The van der Waals surface area contributed by atoms with Crippen molar-refractivity contribution < 1.29 is 19.8 Å². The number of aliphatic carboxylic acids is 2. The molecule has 0 amide bonds. The summed E-state index contributed by atoms with van der Waals surface area (Å²) in [5.74, 6) is -2.36. The average molecular weight is 197 g/mol. The fourth-order valence-corrected chi connectivity index (χ4v) is 0.800. The Labute approximate surface area is 77.0 Å². The van der Waals surface area contributed by atoms with Crippen molar-refractivity contribution in [2.45, 2.75) is 26.2 Å². The van der Waals surface area contributed by atoms with Gasteiger partial charge < -0.3 is 10.2 Å². The molecule has 0 bridgehead atoms. The first-order valence-corrected chi connectivity index (χ1v) is 3.52. The highest BCUT2D eigenvalue weighted by molar-refractivity contribution is 5.85. The van der Waals surface area contributed by atoms with Crippen LogP contribution in [0.1, 0.15) is 26.2 Å². The Balaban J connectivity index is 0. The zero-order valence-electron chi connectivity index (χ0n) is 6.82. The second-order valence-corrected chi connectivity index (χ2v) is 2.38. The summed E-state index contributed by atoms with van der Waals surface area (Å²) >= 11 is 0. The third-order valence-electron chi connectivity index (χ3n) is 1.55. The lowest BCUT2D eigenvalue weighted by molar-refractivity contribution is -0.143. The Kier molecular flexibility index (Phi) is 7.94. The number of hydrogen-bond donors (Lipinski definition) is 2. The van der Waals surface area contributed by atoms with E-state index >= 15 is 0 Å². The highest BCUT2D eigenvalue weighted by Crippen LogP contribution is 2.10. The standard InChI is InChI=1S/C7H12O4.ClH/c1-2-5(7(10)11)3-4-6(8)9;/h5H,2-4H2,1H3,(H,8,9)(H,10,11);1H. The van der Waals surface area contributed by atoms with Crippen LogP contribution in [0, 0.1) is 5.92 Å². The van der Waals surface area contributed by atoms with Crippen LogP contribution < -0.4 is 0 Å². The molecule has 0 saturated heterocycles. The lowest BCUT2D eigenvalue weighted by atomic mass is 10.0. The Morgan fingerprint density at radius 2 is 1.83 bits per heavy atom. The topological polar surface area (TPSA) is 74.6 Å². The van der Waals surface area contributed by atoms with Crippen molar-refractivity contribution in [1.82, 2.24) is 0 Å². The smallest absolute Gasteiger partial charge is 0.306 e. The molecule has 0 spiro atoms. The first-order valence-electron chi connectivity index (χ1n) is 3.52. The van der Waals surface area contributed by atoms with Crippen LogP contribution >= 0.6 is 12.4 Å². The molecule has 0 aliphatic rings. The summed E-state index contributed by atoms with van der Waals surface area (Å²) in [5.41, 5.74) is 0. The summed E-state index contributed by atoms with van der Waals surface area (Å²) in [5, 5.41) is 16.7. The van der Waals surface area contributed by atoms with Gasteiger partial charge in [-0.15, -0.1) is 12.4 Å². The molecule has 0 fully saturated rings. The maximum atomic E-state index is 10.4. The van der Waals surface area contributed by atoms with Crippen molar-refractivity contribution >= 4 is 24.3 Å². The SMILES string of the molecule is CCC(CCC(=O)O)C(=O)O.Cl. The van der Waals surface area contributed by atoms with E-state index in [0.717, 1.165) is 0 Å². The lowest BCUT2D eigenvalue weighted by Gasteiger charge is -2.05. The van der Waals surface area contributed by atoms with Gasteiger partial charge in [0, 0.05) is 6.42 Å². The third kappa shape index (κ3) is 5.97. The average Bonchev–Trinajstić information content (AvgIpc) is 1.87. The largest absolute Gasteiger partial charge is 0.481 e. The molecule has 0 radical (unpaired) electrons. The Morgan fingerprint density at radius 3 is 2.08 bits per heavy atom. The molecule has 5 heteroatoms. The number of carbonyl (C=O) groups is 2. The van der Waals surface area contributed by atoms with E-state index in [1.54, 1.807) is 6.92 Å². The van der Waals surface area contributed by atoms with E-state index in [9.17, 15) is 9.59 Å². The summed E-state index contributed by atoms with van der Waals surface area (Å²) in [6.07, 6.45) is 0.647. The van der Waals surface area contributed by atoms with E-state index in [-0.39, 0.29) is 25.2 Å². The first kappa shape index (κ1) is 13.8. The van der Waals surface area contributed by atoms with Crippen molar-refractivity contribution in [3.05, 3.63) is 0 Å². The van der Waals surface area contributed by atoms with E-state index in [1.165, 1.54) is 0 Å². The van der Waals surface area contributed by atoms with Crippen LogP contribution in [0.25, 0.3) is 0 Å². The second-order valence-electron chi connectivity index (χ2n) is 2.38. The molecule has 0 aliphatic carbocycles. The normalized spacial score (nSPS) is 11.4. The van der Waals surface area contributed by atoms with E-state index in [4.69, 9.17) is 10.2 Å². The van der Waals surface area contributed by atoms with Gasteiger partial charge >= 0.3 is 11.9 Å². The summed E-state index contributed by atoms with van der Waals surface area (Å²) < 4.78 is 0. The van der Waals surface area contributed by atoms with E-state index in [0.29, 0.717) is 6.42 Å². The molecule has 0 rings (SSSR count). The van der Waals surface area contributed by atoms with Gasteiger partial charge in [-0.05, 0) is 12.8 Å². The van der Waals surface area contributed by atoms with Gasteiger partial charge in [0.1, 0.15) is 0 Å². The van der Waals surface area contributed by atoms with Crippen LogP contribution in [0.2, 0.25) is 0 Å². The van der Waals surface area contributed by atoms with Crippen LogP contribution in [-0.4, -0.2) is 22.2 Å². The molecule has 0 aromatic carbocycles. The Hall–Kier alpha value is -0.770. The van der Waals surface area contributed by atoms with Gasteiger partial charge in [0.05, 0.1) is 5.92 Å². The zero-order valence-corrected chi connectivity index (χ0v) is 7.63. The van der Waals surface area contributed by atoms with E-state index in [2.05, 4.69) is 0 Å². The minimum absolute atomic E-state index is 0. The van der Waals surface area contributed by atoms with Gasteiger partial charge in [-0.1, -0.05) is 6.92 Å². The van der Waals surface area contributed by atoms with Crippen LogP contribution in [0.5, 0.6) is 0 Å². The van der Waals surface area contributed by atoms with Gasteiger partial charge in [-0.3, -0.25) is 9.59 Å². The van der Waals surface area contributed by atoms with E-state index in [1.807, 2.05) is 0 Å². The number of hydrogen-bond acceptors (Lipinski definition) is 2. The molecule has 72 valence electrons. The number of rotatable bonds is 5. The molecular weight excluding hydrogens is 184 g/mol. The Morgan fingerprint density at radius 1 is 1.33 bits per heavy atom. The molecule has 0 heterocycles. The van der Waals surface area contributed by atoms with Gasteiger partial charge in [-0.25, -0.2) is 0 Å². The summed E-state index contributed by atoms with van der Waals surface area (Å²) in [6.45, 7) is 1.74.